The van der Waals surface area contributed by atoms with Crippen molar-refractivity contribution in [3.8, 4) is 5.75 Å². The molecule has 0 aliphatic carbocycles. The molecule has 2 aliphatic heterocycles. The Morgan fingerprint density at radius 3 is 2.96 bits per heavy atom. The van der Waals surface area contributed by atoms with Crippen LogP contribution in [0.2, 0.25) is 0 Å². The van der Waals surface area contributed by atoms with Gasteiger partial charge in [-0.05, 0) is 43.0 Å². The molecule has 1 atom stereocenters. The zero-order valence-electron chi connectivity index (χ0n) is 13.2. The molecule has 0 saturated carbocycles. The Morgan fingerprint density at radius 2 is 2.26 bits per heavy atom. The lowest BCUT2D eigenvalue weighted by Crippen LogP contribution is -2.44. The molecule has 0 spiro atoms. The minimum absolute atomic E-state index is 0.0620. The summed E-state index contributed by atoms with van der Waals surface area (Å²) in [5.41, 5.74) is 2.25. The molecule has 7 heteroatoms. The Balaban J connectivity index is 1.64. The van der Waals surface area contributed by atoms with E-state index in [-0.39, 0.29) is 30.0 Å². The third-order valence-corrected chi connectivity index (χ3v) is 6.20. The summed E-state index contributed by atoms with van der Waals surface area (Å²) in [4.78, 5) is 14.3. The molecule has 23 heavy (non-hydrogen) atoms. The van der Waals surface area contributed by atoms with Crippen LogP contribution in [0.1, 0.15) is 18.4 Å². The maximum absolute atomic E-state index is 12.2. The number of ether oxygens (including phenoxy) is 1. The number of carbonyl (C=O) groups is 1. The Hall–Kier alpha value is -1.76. The fourth-order valence-electron chi connectivity index (χ4n) is 3.30. The van der Waals surface area contributed by atoms with E-state index in [0.29, 0.717) is 6.42 Å². The van der Waals surface area contributed by atoms with Gasteiger partial charge in [0.2, 0.25) is 5.91 Å². The van der Waals surface area contributed by atoms with Crippen LogP contribution in [0.25, 0.3) is 0 Å². The van der Waals surface area contributed by atoms with E-state index in [0.717, 1.165) is 30.8 Å². The van der Waals surface area contributed by atoms with E-state index < -0.39 is 9.84 Å². The highest BCUT2D eigenvalue weighted by Crippen LogP contribution is 2.30. The zero-order chi connectivity index (χ0) is 16.4. The number of nitrogens with zero attached hydrogens (tertiary/aromatic N) is 1. The number of sulfone groups is 1. The second-order valence-electron chi connectivity index (χ2n) is 6.19. The molecule has 1 aromatic rings. The van der Waals surface area contributed by atoms with Crippen molar-refractivity contribution in [1.82, 2.24) is 5.32 Å². The zero-order valence-corrected chi connectivity index (χ0v) is 14.1. The standard InChI is InChI=1S/C16H22N2O4S/c1-22-14-4-5-15-12(9-14)3-2-7-18(15)10-16(19)17-13-6-8-23(20,21)11-13/h4-5,9,13H,2-3,6-8,10-11H2,1H3,(H,17,19)/t13-/m1/s1. The number of nitrogens with one attached hydrogen (secondary N) is 1. The molecule has 126 valence electrons. The molecule has 1 N–H and O–H groups in total. The summed E-state index contributed by atoms with van der Waals surface area (Å²) in [6, 6.07) is 5.66. The summed E-state index contributed by atoms with van der Waals surface area (Å²) in [6.45, 7) is 1.09. The van der Waals surface area contributed by atoms with Gasteiger partial charge in [-0.3, -0.25) is 4.79 Å². The molecule has 1 amide bonds. The van der Waals surface area contributed by atoms with Gasteiger partial charge in [0.15, 0.2) is 9.84 Å². The van der Waals surface area contributed by atoms with Crippen molar-refractivity contribution in [3.05, 3.63) is 23.8 Å². The van der Waals surface area contributed by atoms with E-state index in [1.54, 1.807) is 7.11 Å². The first-order chi connectivity index (χ1) is 11.0. The molecular weight excluding hydrogens is 316 g/mol. The first kappa shape index (κ1) is 16.1. The summed E-state index contributed by atoms with van der Waals surface area (Å²) >= 11 is 0. The highest BCUT2D eigenvalue weighted by Gasteiger charge is 2.29. The number of fused-ring (bicyclic) bond motifs is 1. The molecule has 1 fully saturated rings. The molecule has 1 saturated heterocycles. The van der Waals surface area contributed by atoms with Crippen LogP contribution in [0.5, 0.6) is 5.75 Å². The van der Waals surface area contributed by atoms with Gasteiger partial charge in [0.25, 0.3) is 0 Å². The number of methoxy groups -OCH3 is 1. The summed E-state index contributed by atoms with van der Waals surface area (Å²) in [6.07, 6.45) is 2.48. The fraction of sp³-hybridized carbons (Fsp3) is 0.562. The number of benzene rings is 1. The molecule has 6 nitrogen and oxygen atoms in total. The largest absolute Gasteiger partial charge is 0.497 e. The Labute approximate surface area is 136 Å². The van der Waals surface area contributed by atoms with Crippen LogP contribution < -0.4 is 15.0 Å². The number of hydrogen-bond donors (Lipinski definition) is 1. The van der Waals surface area contributed by atoms with Crippen LogP contribution in [0.3, 0.4) is 0 Å². The molecule has 0 unspecified atom stereocenters. The first-order valence-corrected chi connectivity index (χ1v) is 9.70. The van der Waals surface area contributed by atoms with Crippen molar-refractivity contribution in [1.29, 1.82) is 0 Å². The molecule has 2 aliphatic rings. The van der Waals surface area contributed by atoms with E-state index in [1.807, 2.05) is 18.2 Å². The Kier molecular flexibility index (Phi) is 4.48. The highest BCUT2D eigenvalue weighted by molar-refractivity contribution is 7.91. The van der Waals surface area contributed by atoms with Crippen LogP contribution >= 0.6 is 0 Å². The summed E-state index contributed by atoms with van der Waals surface area (Å²) in [5.74, 6) is 0.943. The van der Waals surface area contributed by atoms with E-state index in [2.05, 4.69) is 10.2 Å². The van der Waals surface area contributed by atoms with E-state index in [4.69, 9.17) is 4.74 Å². The van der Waals surface area contributed by atoms with Gasteiger partial charge in [0, 0.05) is 18.3 Å². The average molecular weight is 338 g/mol. The number of amides is 1. The minimum atomic E-state index is -2.97. The highest BCUT2D eigenvalue weighted by atomic mass is 32.2. The molecule has 0 aromatic heterocycles. The van der Waals surface area contributed by atoms with Crippen LogP contribution in [-0.4, -0.2) is 52.1 Å². The normalized spacial score (nSPS) is 22.5. The smallest absolute Gasteiger partial charge is 0.239 e. The predicted molar refractivity (Wildman–Crippen MR) is 88.7 cm³/mol. The van der Waals surface area contributed by atoms with Crippen LogP contribution in [0.15, 0.2) is 18.2 Å². The second kappa shape index (κ2) is 6.39. The Morgan fingerprint density at radius 1 is 1.43 bits per heavy atom. The summed E-state index contributed by atoms with van der Waals surface area (Å²) in [7, 11) is -1.33. The van der Waals surface area contributed by atoms with Gasteiger partial charge in [0.1, 0.15) is 5.75 Å². The molecule has 3 rings (SSSR count). The van der Waals surface area contributed by atoms with Crippen molar-refractivity contribution < 1.29 is 17.9 Å². The molecule has 2 heterocycles. The topological polar surface area (TPSA) is 75.7 Å². The van der Waals surface area contributed by atoms with Gasteiger partial charge in [-0.25, -0.2) is 8.42 Å². The second-order valence-corrected chi connectivity index (χ2v) is 8.42. The van der Waals surface area contributed by atoms with Gasteiger partial charge < -0.3 is 15.0 Å². The molecule has 0 bridgehead atoms. The van der Waals surface area contributed by atoms with E-state index in [9.17, 15) is 13.2 Å². The van der Waals surface area contributed by atoms with Gasteiger partial charge >= 0.3 is 0 Å². The summed E-state index contributed by atoms with van der Waals surface area (Å²) < 4.78 is 28.2. The van der Waals surface area contributed by atoms with Crippen molar-refractivity contribution in [2.45, 2.75) is 25.3 Å². The first-order valence-electron chi connectivity index (χ1n) is 7.88. The van der Waals surface area contributed by atoms with E-state index in [1.165, 1.54) is 5.56 Å². The monoisotopic (exact) mass is 338 g/mol. The average Bonchev–Trinajstić information content (AvgIpc) is 2.85. The molecule has 1 aromatic carbocycles. The maximum atomic E-state index is 12.2. The Bertz CT molecular complexity index is 702. The lowest BCUT2D eigenvalue weighted by Gasteiger charge is -2.31. The number of aryl methyl sites for hydroxylation is 1. The van der Waals surface area contributed by atoms with Crippen LogP contribution in [0.4, 0.5) is 5.69 Å². The quantitative estimate of drug-likeness (QED) is 0.877. The van der Waals surface area contributed by atoms with Gasteiger partial charge in [-0.2, -0.15) is 0 Å². The molecule has 0 radical (unpaired) electrons. The molecular formula is C16H22N2O4S. The lowest BCUT2D eigenvalue weighted by molar-refractivity contribution is -0.120. The van der Waals surface area contributed by atoms with Crippen LogP contribution in [0, 0.1) is 0 Å². The lowest BCUT2D eigenvalue weighted by atomic mass is 10.0. The van der Waals surface area contributed by atoms with Crippen molar-refractivity contribution in [2.75, 3.05) is 36.6 Å². The number of rotatable bonds is 4. The fourth-order valence-corrected chi connectivity index (χ4v) is 4.97. The van der Waals surface area contributed by atoms with Gasteiger partial charge in [-0.15, -0.1) is 0 Å². The third kappa shape index (κ3) is 3.77. The number of carbonyl (C=O) groups excluding carboxylic acids is 1. The minimum Gasteiger partial charge on any atom is -0.497 e. The van der Waals surface area contributed by atoms with Gasteiger partial charge in [0.05, 0.1) is 25.2 Å². The van der Waals surface area contributed by atoms with Crippen LogP contribution in [-0.2, 0) is 21.1 Å². The van der Waals surface area contributed by atoms with Crippen molar-refractivity contribution in [2.24, 2.45) is 0 Å². The number of anilines is 1. The number of hydrogen-bond acceptors (Lipinski definition) is 5. The maximum Gasteiger partial charge on any atom is 0.239 e. The van der Waals surface area contributed by atoms with E-state index >= 15 is 0 Å². The van der Waals surface area contributed by atoms with Crippen molar-refractivity contribution >= 4 is 21.4 Å². The SMILES string of the molecule is COc1ccc2c(c1)CCCN2CC(=O)N[C@@H]1CCS(=O)(=O)C1. The predicted octanol–water partition coefficient (Wildman–Crippen LogP) is 0.751. The van der Waals surface area contributed by atoms with Gasteiger partial charge in [-0.1, -0.05) is 0 Å². The summed E-state index contributed by atoms with van der Waals surface area (Å²) in [5, 5.41) is 2.85. The third-order valence-electron chi connectivity index (χ3n) is 4.43. The van der Waals surface area contributed by atoms with Crippen molar-refractivity contribution in [3.63, 3.8) is 0 Å².